The maximum absolute atomic E-state index is 6.06. The van der Waals surface area contributed by atoms with E-state index in [4.69, 9.17) is 4.74 Å². The average molecular weight is 317 g/mol. The Bertz CT molecular complexity index is 624. The van der Waals surface area contributed by atoms with Crippen LogP contribution < -0.4 is 0 Å². The number of hydrogen-bond donors (Lipinski definition) is 0. The maximum atomic E-state index is 6.06. The van der Waals surface area contributed by atoms with Crippen LogP contribution in [0, 0.1) is 6.92 Å². The first kappa shape index (κ1) is 15.6. The topological polar surface area (TPSA) is 39.9 Å². The minimum absolute atomic E-state index is 0.0266. The summed E-state index contributed by atoms with van der Waals surface area (Å²) in [5.41, 5.74) is 1.30. The summed E-state index contributed by atoms with van der Waals surface area (Å²) in [5, 5.41) is 9.55. The number of benzene rings is 1. The first-order chi connectivity index (χ1) is 10.5. The van der Waals surface area contributed by atoms with Gasteiger partial charge in [-0.2, -0.15) is 0 Å². The van der Waals surface area contributed by atoms with Gasteiger partial charge in [-0.25, -0.2) is 0 Å². The fraction of sp³-hybridized carbons (Fsp3) is 0.529. The molecule has 2 aromatic rings. The van der Waals surface area contributed by atoms with Gasteiger partial charge in [0, 0.05) is 5.75 Å². The molecule has 22 heavy (non-hydrogen) atoms. The van der Waals surface area contributed by atoms with E-state index in [1.54, 1.807) is 11.8 Å². The molecular weight excluding hydrogens is 294 g/mol. The maximum Gasteiger partial charge on any atom is 0.191 e. The molecular formula is C17H23N3OS. The number of hydrogen-bond acceptors (Lipinski definition) is 4. The lowest BCUT2D eigenvalue weighted by Gasteiger charge is -2.19. The molecule has 1 fully saturated rings. The molecule has 0 bridgehead atoms. The van der Waals surface area contributed by atoms with E-state index >= 15 is 0 Å². The lowest BCUT2D eigenvalue weighted by Crippen LogP contribution is -2.21. The summed E-state index contributed by atoms with van der Waals surface area (Å²) in [7, 11) is 0. The van der Waals surface area contributed by atoms with Crippen LogP contribution in [0.5, 0.6) is 0 Å². The van der Waals surface area contributed by atoms with E-state index in [-0.39, 0.29) is 5.60 Å². The van der Waals surface area contributed by atoms with Crippen LogP contribution in [0.4, 0.5) is 0 Å². The second kappa shape index (κ2) is 6.42. The van der Waals surface area contributed by atoms with Gasteiger partial charge in [0.05, 0.1) is 18.2 Å². The highest BCUT2D eigenvalue weighted by atomic mass is 32.2. The number of ether oxygens (including phenoxy) is 1. The van der Waals surface area contributed by atoms with Gasteiger partial charge < -0.3 is 9.30 Å². The molecule has 1 aliphatic heterocycles. The third kappa shape index (κ3) is 3.70. The summed E-state index contributed by atoms with van der Waals surface area (Å²) in [6.07, 6.45) is 2.59. The van der Waals surface area contributed by atoms with E-state index < -0.39 is 0 Å². The predicted octanol–water partition coefficient (Wildman–Crippen LogP) is 3.68. The van der Waals surface area contributed by atoms with Gasteiger partial charge in [0.2, 0.25) is 0 Å². The molecule has 0 amide bonds. The zero-order valence-corrected chi connectivity index (χ0v) is 14.3. The standard InChI is InChI=1S/C17H23N3OS/c1-13-18-19-16(20(13)11-14-7-5-4-6-8-14)22-12-15-9-10-17(2,3)21-15/h4-8,15H,9-12H2,1-3H3/t15-/m1/s1. The van der Waals surface area contributed by atoms with Crippen LogP contribution in [0.2, 0.25) is 0 Å². The van der Waals surface area contributed by atoms with Crippen LogP contribution in [0.25, 0.3) is 0 Å². The van der Waals surface area contributed by atoms with Gasteiger partial charge in [-0.15, -0.1) is 10.2 Å². The highest BCUT2D eigenvalue weighted by Crippen LogP contribution is 2.32. The van der Waals surface area contributed by atoms with Gasteiger partial charge in [0.1, 0.15) is 5.82 Å². The number of aryl methyl sites for hydroxylation is 1. The molecule has 1 saturated heterocycles. The van der Waals surface area contributed by atoms with Gasteiger partial charge in [0.25, 0.3) is 0 Å². The van der Waals surface area contributed by atoms with Gasteiger partial charge in [0.15, 0.2) is 5.16 Å². The quantitative estimate of drug-likeness (QED) is 0.789. The minimum Gasteiger partial charge on any atom is -0.371 e. The van der Waals surface area contributed by atoms with Crippen LogP contribution >= 0.6 is 11.8 Å². The number of nitrogens with zero attached hydrogens (tertiary/aromatic N) is 3. The Hall–Kier alpha value is -1.33. The molecule has 0 N–H and O–H groups in total. The smallest absolute Gasteiger partial charge is 0.191 e. The molecule has 0 spiro atoms. The lowest BCUT2D eigenvalue weighted by atomic mass is 10.1. The first-order valence-corrected chi connectivity index (χ1v) is 8.76. The van der Waals surface area contributed by atoms with E-state index in [0.29, 0.717) is 6.10 Å². The van der Waals surface area contributed by atoms with Gasteiger partial charge in [-0.3, -0.25) is 0 Å². The average Bonchev–Trinajstić information content (AvgIpc) is 3.02. The van der Waals surface area contributed by atoms with Crippen molar-refractivity contribution in [1.82, 2.24) is 14.8 Å². The van der Waals surface area contributed by atoms with Crippen molar-refractivity contribution in [3.05, 3.63) is 41.7 Å². The fourth-order valence-electron chi connectivity index (χ4n) is 2.78. The molecule has 0 radical (unpaired) electrons. The fourth-order valence-corrected chi connectivity index (χ4v) is 3.80. The highest BCUT2D eigenvalue weighted by Gasteiger charge is 2.31. The van der Waals surface area contributed by atoms with E-state index in [1.165, 1.54) is 5.56 Å². The van der Waals surface area contributed by atoms with Crippen LogP contribution in [0.15, 0.2) is 35.5 Å². The molecule has 118 valence electrons. The molecule has 5 heteroatoms. The Morgan fingerprint density at radius 2 is 2.05 bits per heavy atom. The summed E-state index contributed by atoms with van der Waals surface area (Å²) < 4.78 is 8.24. The largest absolute Gasteiger partial charge is 0.371 e. The zero-order chi connectivity index (χ0) is 15.6. The normalized spacial score (nSPS) is 20.4. The Balaban J connectivity index is 1.65. The molecule has 0 saturated carbocycles. The van der Waals surface area contributed by atoms with E-state index in [2.05, 4.69) is 52.9 Å². The van der Waals surface area contributed by atoms with Crippen molar-refractivity contribution in [2.24, 2.45) is 0 Å². The van der Waals surface area contributed by atoms with Crippen LogP contribution in [-0.2, 0) is 11.3 Å². The van der Waals surface area contributed by atoms with Crippen molar-refractivity contribution in [1.29, 1.82) is 0 Å². The molecule has 1 aliphatic rings. The summed E-state index contributed by atoms with van der Waals surface area (Å²) >= 11 is 1.75. The molecule has 3 rings (SSSR count). The van der Waals surface area contributed by atoms with Crippen molar-refractivity contribution < 1.29 is 4.74 Å². The number of thioether (sulfide) groups is 1. The molecule has 2 heterocycles. The Morgan fingerprint density at radius 1 is 1.27 bits per heavy atom. The Morgan fingerprint density at radius 3 is 2.73 bits per heavy atom. The summed E-state index contributed by atoms with van der Waals surface area (Å²) in [6, 6.07) is 10.4. The zero-order valence-electron chi connectivity index (χ0n) is 13.5. The molecule has 1 atom stereocenters. The summed E-state index contributed by atoms with van der Waals surface area (Å²) in [5.74, 6) is 1.90. The second-order valence-electron chi connectivity index (χ2n) is 6.45. The summed E-state index contributed by atoms with van der Waals surface area (Å²) in [6.45, 7) is 7.16. The van der Waals surface area contributed by atoms with Gasteiger partial charge >= 0.3 is 0 Å². The highest BCUT2D eigenvalue weighted by molar-refractivity contribution is 7.99. The molecule has 0 unspecified atom stereocenters. The Labute approximate surface area is 136 Å². The minimum atomic E-state index is 0.0266. The lowest BCUT2D eigenvalue weighted by molar-refractivity contribution is -0.00469. The van der Waals surface area contributed by atoms with E-state index in [0.717, 1.165) is 36.1 Å². The number of aromatic nitrogens is 3. The molecule has 4 nitrogen and oxygen atoms in total. The van der Waals surface area contributed by atoms with Crippen molar-refractivity contribution in [3.8, 4) is 0 Å². The second-order valence-corrected chi connectivity index (χ2v) is 7.44. The molecule has 0 aliphatic carbocycles. The van der Waals surface area contributed by atoms with Crippen molar-refractivity contribution in [3.63, 3.8) is 0 Å². The summed E-state index contributed by atoms with van der Waals surface area (Å²) in [4.78, 5) is 0. The SMILES string of the molecule is Cc1nnc(SC[C@H]2CCC(C)(C)O2)n1Cc1ccccc1. The third-order valence-corrected chi connectivity index (χ3v) is 5.14. The molecule has 1 aromatic heterocycles. The van der Waals surface area contributed by atoms with Crippen LogP contribution in [-0.4, -0.2) is 32.2 Å². The van der Waals surface area contributed by atoms with Crippen molar-refractivity contribution >= 4 is 11.8 Å². The van der Waals surface area contributed by atoms with Crippen molar-refractivity contribution in [2.75, 3.05) is 5.75 Å². The van der Waals surface area contributed by atoms with E-state index in [1.807, 2.05) is 13.0 Å². The monoisotopic (exact) mass is 317 g/mol. The predicted molar refractivity (Wildman–Crippen MR) is 89.2 cm³/mol. The van der Waals surface area contributed by atoms with Crippen molar-refractivity contribution in [2.45, 2.75) is 57.0 Å². The third-order valence-electron chi connectivity index (χ3n) is 4.04. The van der Waals surface area contributed by atoms with Gasteiger partial charge in [-0.1, -0.05) is 42.1 Å². The van der Waals surface area contributed by atoms with Gasteiger partial charge in [-0.05, 0) is 39.2 Å². The molecule has 1 aromatic carbocycles. The van der Waals surface area contributed by atoms with Crippen LogP contribution in [0.1, 0.15) is 38.1 Å². The van der Waals surface area contributed by atoms with Crippen LogP contribution in [0.3, 0.4) is 0 Å². The van der Waals surface area contributed by atoms with E-state index in [9.17, 15) is 0 Å². The Kier molecular flexibility index (Phi) is 4.54. The first-order valence-electron chi connectivity index (χ1n) is 7.78. The number of rotatable bonds is 5.